The van der Waals surface area contributed by atoms with Gasteiger partial charge in [0.1, 0.15) is 11.3 Å². The third kappa shape index (κ3) is 3.70. The van der Waals surface area contributed by atoms with Crippen molar-refractivity contribution < 1.29 is 14.6 Å². The Morgan fingerprint density at radius 2 is 2.05 bits per heavy atom. The number of rotatable bonds is 6. The third-order valence-electron chi connectivity index (χ3n) is 3.44. The smallest absolute Gasteiger partial charge is 0.323 e. The van der Waals surface area contributed by atoms with Crippen LogP contribution in [0, 0.1) is 6.92 Å². The van der Waals surface area contributed by atoms with Crippen LogP contribution in [0.1, 0.15) is 31.9 Å². The van der Waals surface area contributed by atoms with Gasteiger partial charge < -0.3 is 9.84 Å². The largest absolute Gasteiger partial charge is 0.494 e. The summed E-state index contributed by atoms with van der Waals surface area (Å²) in [4.78, 5) is 13.0. The molecule has 0 spiro atoms. The van der Waals surface area contributed by atoms with Crippen LogP contribution in [-0.4, -0.2) is 35.2 Å². The molecule has 4 nitrogen and oxygen atoms in total. The molecule has 0 amide bonds. The monoisotopic (exact) mass is 265 g/mol. The maximum absolute atomic E-state index is 11.2. The first-order valence-electron chi connectivity index (χ1n) is 6.46. The van der Waals surface area contributed by atoms with E-state index in [-0.39, 0.29) is 0 Å². The Morgan fingerprint density at radius 3 is 2.53 bits per heavy atom. The predicted octanol–water partition coefficient (Wildman–Crippen LogP) is 2.69. The maximum atomic E-state index is 11.2. The van der Waals surface area contributed by atoms with E-state index in [1.54, 1.807) is 13.8 Å². The summed E-state index contributed by atoms with van der Waals surface area (Å²) in [5.41, 5.74) is 1.27. The first-order chi connectivity index (χ1) is 8.78. The number of carboxylic acids is 1. The summed E-state index contributed by atoms with van der Waals surface area (Å²) in [6.45, 7) is 8.60. The van der Waals surface area contributed by atoms with E-state index in [0.29, 0.717) is 13.2 Å². The highest BCUT2D eigenvalue weighted by molar-refractivity contribution is 5.77. The molecule has 1 aromatic rings. The molecule has 1 rings (SSSR count). The quantitative estimate of drug-likeness (QED) is 0.859. The molecule has 0 aromatic heterocycles. The molecule has 0 aliphatic carbocycles. The Bertz CT molecular complexity index is 455. The molecule has 0 bridgehead atoms. The number of hydrogen-bond acceptors (Lipinski definition) is 3. The summed E-state index contributed by atoms with van der Waals surface area (Å²) >= 11 is 0. The van der Waals surface area contributed by atoms with Crippen LogP contribution in [0.15, 0.2) is 18.2 Å². The molecule has 0 aliphatic rings. The minimum Gasteiger partial charge on any atom is -0.494 e. The van der Waals surface area contributed by atoms with Crippen molar-refractivity contribution in [3.05, 3.63) is 29.3 Å². The van der Waals surface area contributed by atoms with Gasteiger partial charge in [-0.1, -0.05) is 12.1 Å². The lowest BCUT2D eigenvalue weighted by Gasteiger charge is -2.31. The summed E-state index contributed by atoms with van der Waals surface area (Å²) in [6, 6.07) is 5.96. The number of nitrogens with zero attached hydrogens (tertiary/aromatic N) is 1. The molecule has 0 heterocycles. The fourth-order valence-corrected chi connectivity index (χ4v) is 1.76. The van der Waals surface area contributed by atoms with Crippen LogP contribution < -0.4 is 4.74 Å². The van der Waals surface area contributed by atoms with E-state index in [9.17, 15) is 9.90 Å². The van der Waals surface area contributed by atoms with Crippen LogP contribution in [0.4, 0.5) is 0 Å². The van der Waals surface area contributed by atoms with Gasteiger partial charge in [0.15, 0.2) is 0 Å². The number of ether oxygens (including phenoxy) is 1. The van der Waals surface area contributed by atoms with Crippen molar-refractivity contribution in [2.24, 2.45) is 0 Å². The average Bonchev–Trinajstić information content (AvgIpc) is 2.32. The number of carbonyl (C=O) groups is 1. The fraction of sp³-hybridized carbons (Fsp3) is 0.533. The van der Waals surface area contributed by atoms with Gasteiger partial charge in [0.05, 0.1) is 6.61 Å². The summed E-state index contributed by atoms with van der Waals surface area (Å²) in [6.07, 6.45) is 0. The molecule has 0 aliphatic heterocycles. The van der Waals surface area contributed by atoms with Gasteiger partial charge in [-0.05, 0) is 51.9 Å². The van der Waals surface area contributed by atoms with Crippen molar-refractivity contribution in [2.45, 2.75) is 39.8 Å². The van der Waals surface area contributed by atoms with Gasteiger partial charge in [0.25, 0.3) is 0 Å². The van der Waals surface area contributed by atoms with Gasteiger partial charge in [-0.15, -0.1) is 0 Å². The van der Waals surface area contributed by atoms with Crippen molar-refractivity contribution in [1.29, 1.82) is 0 Å². The number of hydrogen-bond donors (Lipinski definition) is 1. The molecule has 106 valence electrons. The van der Waals surface area contributed by atoms with E-state index < -0.39 is 11.5 Å². The van der Waals surface area contributed by atoms with Crippen molar-refractivity contribution >= 4 is 5.97 Å². The lowest BCUT2D eigenvalue weighted by molar-refractivity contribution is -0.148. The Balaban J connectivity index is 2.83. The topological polar surface area (TPSA) is 49.8 Å². The lowest BCUT2D eigenvalue weighted by atomic mass is 10.0. The van der Waals surface area contributed by atoms with E-state index in [4.69, 9.17) is 4.74 Å². The van der Waals surface area contributed by atoms with E-state index in [0.717, 1.165) is 16.9 Å². The second-order valence-electron chi connectivity index (χ2n) is 5.25. The first kappa shape index (κ1) is 15.5. The highest BCUT2D eigenvalue weighted by Gasteiger charge is 2.31. The number of likely N-dealkylation sites (N-methyl/N-ethyl adjacent to an activating group) is 1. The molecule has 4 heteroatoms. The summed E-state index contributed by atoms with van der Waals surface area (Å²) in [7, 11) is 1.82. The normalized spacial score (nSPS) is 11.7. The van der Waals surface area contributed by atoms with Crippen molar-refractivity contribution in [2.75, 3.05) is 13.7 Å². The molecule has 19 heavy (non-hydrogen) atoms. The second kappa shape index (κ2) is 6.06. The van der Waals surface area contributed by atoms with Gasteiger partial charge in [-0.2, -0.15) is 0 Å². The summed E-state index contributed by atoms with van der Waals surface area (Å²) < 4.78 is 5.49. The summed E-state index contributed by atoms with van der Waals surface area (Å²) in [5, 5.41) is 9.20. The molecule has 1 aromatic carbocycles. The van der Waals surface area contributed by atoms with Crippen molar-refractivity contribution in [3.63, 3.8) is 0 Å². The number of benzene rings is 1. The van der Waals surface area contributed by atoms with E-state index in [2.05, 4.69) is 0 Å². The molecule has 0 fully saturated rings. The van der Waals surface area contributed by atoms with Crippen molar-refractivity contribution in [1.82, 2.24) is 4.90 Å². The fourth-order valence-electron chi connectivity index (χ4n) is 1.76. The minimum absolute atomic E-state index is 0.590. The zero-order valence-electron chi connectivity index (χ0n) is 12.4. The molecular formula is C15H23NO3. The Hall–Kier alpha value is -1.55. The number of carboxylic acid groups (broad SMARTS) is 1. The van der Waals surface area contributed by atoms with E-state index >= 15 is 0 Å². The van der Waals surface area contributed by atoms with Gasteiger partial charge >= 0.3 is 5.97 Å². The molecule has 0 radical (unpaired) electrons. The van der Waals surface area contributed by atoms with Gasteiger partial charge in [-0.25, -0.2) is 0 Å². The van der Waals surface area contributed by atoms with Gasteiger partial charge in [0.2, 0.25) is 0 Å². The third-order valence-corrected chi connectivity index (χ3v) is 3.44. The highest BCUT2D eigenvalue weighted by atomic mass is 16.5. The van der Waals surface area contributed by atoms with E-state index in [1.165, 1.54) is 0 Å². The lowest BCUT2D eigenvalue weighted by Crippen LogP contribution is -2.47. The SMILES string of the molecule is CCOc1ccc(CN(C)C(C)(C)C(=O)O)cc1C. The predicted molar refractivity (Wildman–Crippen MR) is 75.5 cm³/mol. The average molecular weight is 265 g/mol. The van der Waals surface area contributed by atoms with E-state index in [1.807, 2.05) is 44.0 Å². The Kier molecular flexibility index (Phi) is 4.95. The number of aryl methyl sites for hydroxylation is 1. The maximum Gasteiger partial charge on any atom is 0.323 e. The minimum atomic E-state index is -0.882. The van der Waals surface area contributed by atoms with Crippen LogP contribution in [0.25, 0.3) is 0 Å². The van der Waals surface area contributed by atoms with Crippen LogP contribution in [0.3, 0.4) is 0 Å². The zero-order valence-corrected chi connectivity index (χ0v) is 12.4. The second-order valence-corrected chi connectivity index (χ2v) is 5.25. The van der Waals surface area contributed by atoms with Gasteiger partial charge in [-0.3, -0.25) is 9.69 Å². The van der Waals surface area contributed by atoms with Crippen LogP contribution >= 0.6 is 0 Å². The highest BCUT2D eigenvalue weighted by Crippen LogP contribution is 2.22. The number of aliphatic carboxylic acids is 1. The van der Waals surface area contributed by atoms with Crippen LogP contribution in [0.2, 0.25) is 0 Å². The molecule has 0 saturated carbocycles. The van der Waals surface area contributed by atoms with Crippen LogP contribution in [0.5, 0.6) is 5.75 Å². The Morgan fingerprint density at radius 1 is 1.42 bits per heavy atom. The first-order valence-corrected chi connectivity index (χ1v) is 6.46. The zero-order chi connectivity index (χ0) is 14.6. The molecule has 0 unspecified atom stereocenters. The molecular weight excluding hydrogens is 242 g/mol. The van der Waals surface area contributed by atoms with Gasteiger partial charge in [0, 0.05) is 6.54 Å². The van der Waals surface area contributed by atoms with Crippen LogP contribution in [-0.2, 0) is 11.3 Å². The summed E-state index contributed by atoms with van der Waals surface area (Å²) in [5.74, 6) is 0.0593. The standard InChI is InChI=1S/C15H23NO3/c1-6-19-13-8-7-12(9-11(13)2)10-16(5)15(3,4)14(17)18/h7-9H,6,10H2,1-5H3,(H,17,18). The Labute approximate surface area is 115 Å². The molecule has 1 N–H and O–H groups in total. The van der Waals surface area contributed by atoms with Crippen molar-refractivity contribution in [3.8, 4) is 5.75 Å². The molecule has 0 saturated heterocycles. The molecule has 0 atom stereocenters.